The Morgan fingerprint density at radius 1 is 1.62 bits per heavy atom. The van der Waals surface area contributed by atoms with E-state index < -0.39 is 6.23 Å². The molecular formula is C11H17ClN2O2. The van der Waals surface area contributed by atoms with Crippen molar-refractivity contribution in [3.8, 4) is 0 Å². The number of hydrogen-bond acceptors (Lipinski definition) is 4. The van der Waals surface area contributed by atoms with Gasteiger partial charge in [-0.05, 0) is 6.42 Å². The molecule has 2 aliphatic heterocycles. The summed E-state index contributed by atoms with van der Waals surface area (Å²) in [4.78, 5) is 6.14. The third kappa shape index (κ3) is 2.24. The highest BCUT2D eigenvalue weighted by Crippen LogP contribution is 2.28. The number of hydrogen-bond donors (Lipinski definition) is 1. The van der Waals surface area contributed by atoms with Crippen molar-refractivity contribution >= 4 is 16.8 Å². The van der Waals surface area contributed by atoms with Crippen molar-refractivity contribution in [1.29, 1.82) is 0 Å². The van der Waals surface area contributed by atoms with Gasteiger partial charge in [-0.15, -0.1) is 0 Å². The van der Waals surface area contributed by atoms with E-state index >= 15 is 0 Å². The summed E-state index contributed by atoms with van der Waals surface area (Å²) in [6.45, 7) is 4.14. The first kappa shape index (κ1) is 11.9. The van der Waals surface area contributed by atoms with E-state index in [1.807, 2.05) is 4.90 Å². The minimum Gasteiger partial charge on any atom is -0.375 e. The van der Waals surface area contributed by atoms with Crippen LogP contribution in [0.4, 0.5) is 0 Å². The summed E-state index contributed by atoms with van der Waals surface area (Å²) in [6.07, 6.45) is 2.09. The molecule has 0 bridgehead atoms. The Labute approximate surface area is 101 Å². The van der Waals surface area contributed by atoms with E-state index in [0.29, 0.717) is 13.2 Å². The topological polar surface area (TPSA) is 45.1 Å². The standard InChI is InChI=1S/C11H17ClN2O2/c1-2-3-5-14-9-7-16-6-4-8(9)13-10(12)11(14)15/h11,15H,2-7H2,1H3. The summed E-state index contributed by atoms with van der Waals surface area (Å²) in [6, 6.07) is 0. The van der Waals surface area contributed by atoms with Gasteiger partial charge in [0.15, 0.2) is 11.4 Å². The largest absolute Gasteiger partial charge is 0.375 e. The van der Waals surface area contributed by atoms with E-state index in [0.717, 1.165) is 37.2 Å². The Kier molecular flexibility index (Phi) is 3.84. The lowest BCUT2D eigenvalue weighted by Crippen LogP contribution is -2.44. The Morgan fingerprint density at radius 2 is 2.44 bits per heavy atom. The van der Waals surface area contributed by atoms with Gasteiger partial charge in [0.25, 0.3) is 0 Å². The van der Waals surface area contributed by atoms with Crippen LogP contribution in [0.2, 0.25) is 0 Å². The molecule has 0 spiro atoms. The molecule has 0 saturated carbocycles. The first-order valence-electron chi connectivity index (χ1n) is 5.72. The molecule has 4 nitrogen and oxygen atoms in total. The van der Waals surface area contributed by atoms with Crippen molar-refractivity contribution in [3.05, 3.63) is 11.4 Å². The lowest BCUT2D eigenvalue weighted by atomic mass is 10.1. The summed E-state index contributed by atoms with van der Waals surface area (Å²) in [5.74, 6) is 0. The fourth-order valence-corrected chi connectivity index (χ4v) is 2.20. The van der Waals surface area contributed by atoms with Gasteiger partial charge in [0.1, 0.15) is 0 Å². The van der Waals surface area contributed by atoms with Crippen molar-refractivity contribution in [2.24, 2.45) is 4.99 Å². The van der Waals surface area contributed by atoms with Crippen LogP contribution >= 0.6 is 11.6 Å². The maximum absolute atomic E-state index is 9.98. The second-order valence-electron chi connectivity index (χ2n) is 4.05. The van der Waals surface area contributed by atoms with Gasteiger partial charge in [-0.25, -0.2) is 4.99 Å². The first-order valence-corrected chi connectivity index (χ1v) is 6.10. The van der Waals surface area contributed by atoms with Gasteiger partial charge in [0.05, 0.1) is 24.6 Å². The van der Waals surface area contributed by atoms with Gasteiger partial charge in [-0.3, -0.25) is 0 Å². The van der Waals surface area contributed by atoms with Crippen LogP contribution in [0.3, 0.4) is 0 Å². The number of rotatable bonds is 3. The van der Waals surface area contributed by atoms with Crippen LogP contribution in [-0.2, 0) is 4.74 Å². The maximum atomic E-state index is 9.98. The second-order valence-corrected chi connectivity index (χ2v) is 4.44. The van der Waals surface area contributed by atoms with Gasteiger partial charge in [-0.2, -0.15) is 0 Å². The molecule has 0 radical (unpaired) electrons. The van der Waals surface area contributed by atoms with Gasteiger partial charge < -0.3 is 14.7 Å². The monoisotopic (exact) mass is 244 g/mol. The molecule has 1 atom stereocenters. The van der Waals surface area contributed by atoms with Crippen molar-refractivity contribution in [2.75, 3.05) is 19.8 Å². The SMILES string of the molecule is CCCCN1C2=C(CCOC2)N=C(Cl)C1O. The Bertz CT molecular complexity index is 328. The van der Waals surface area contributed by atoms with E-state index in [1.54, 1.807) is 0 Å². The van der Waals surface area contributed by atoms with Crippen molar-refractivity contribution in [3.63, 3.8) is 0 Å². The molecule has 0 aliphatic carbocycles. The van der Waals surface area contributed by atoms with Crippen LogP contribution in [0.5, 0.6) is 0 Å². The summed E-state index contributed by atoms with van der Waals surface area (Å²) >= 11 is 5.94. The third-order valence-corrected chi connectivity index (χ3v) is 3.18. The minimum atomic E-state index is -0.798. The zero-order valence-corrected chi connectivity index (χ0v) is 10.2. The molecule has 0 aromatic heterocycles. The molecule has 2 heterocycles. The van der Waals surface area contributed by atoms with E-state index in [9.17, 15) is 5.11 Å². The lowest BCUT2D eigenvalue weighted by molar-refractivity contribution is 0.0460. The lowest BCUT2D eigenvalue weighted by Gasteiger charge is -2.37. The number of aliphatic hydroxyl groups is 1. The fraction of sp³-hybridized carbons (Fsp3) is 0.727. The van der Waals surface area contributed by atoms with E-state index in [4.69, 9.17) is 16.3 Å². The number of nitrogens with zero attached hydrogens (tertiary/aromatic N) is 2. The molecule has 2 rings (SSSR count). The van der Waals surface area contributed by atoms with Crippen LogP contribution in [0.1, 0.15) is 26.2 Å². The van der Waals surface area contributed by atoms with Gasteiger partial charge in [0.2, 0.25) is 0 Å². The highest BCUT2D eigenvalue weighted by Gasteiger charge is 2.30. The van der Waals surface area contributed by atoms with E-state index in [2.05, 4.69) is 11.9 Å². The smallest absolute Gasteiger partial charge is 0.181 e. The predicted octanol–water partition coefficient (Wildman–Crippen LogP) is 1.69. The highest BCUT2D eigenvalue weighted by molar-refractivity contribution is 6.66. The molecule has 1 unspecified atom stereocenters. The molecule has 90 valence electrons. The summed E-state index contributed by atoms with van der Waals surface area (Å²) in [5, 5.41) is 10.3. The minimum absolute atomic E-state index is 0.275. The maximum Gasteiger partial charge on any atom is 0.181 e. The Morgan fingerprint density at radius 3 is 3.19 bits per heavy atom. The Hall–Kier alpha value is -0.580. The van der Waals surface area contributed by atoms with Gasteiger partial charge in [0, 0.05) is 13.0 Å². The average Bonchev–Trinajstić information content (AvgIpc) is 2.30. The van der Waals surface area contributed by atoms with Crippen LogP contribution in [0, 0.1) is 0 Å². The third-order valence-electron chi connectivity index (χ3n) is 2.90. The molecule has 5 heteroatoms. The van der Waals surface area contributed by atoms with Crippen molar-refractivity contribution in [2.45, 2.75) is 32.4 Å². The van der Waals surface area contributed by atoms with Crippen LogP contribution in [0.25, 0.3) is 0 Å². The van der Waals surface area contributed by atoms with E-state index in [1.165, 1.54) is 0 Å². The number of ether oxygens (including phenoxy) is 1. The average molecular weight is 245 g/mol. The van der Waals surface area contributed by atoms with Crippen LogP contribution in [0.15, 0.2) is 16.4 Å². The van der Waals surface area contributed by atoms with Crippen molar-refractivity contribution in [1.82, 2.24) is 4.90 Å². The molecule has 0 fully saturated rings. The molecule has 1 N–H and O–H groups in total. The number of unbranched alkanes of at least 4 members (excludes halogenated alkanes) is 1. The summed E-state index contributed by atoms with van der Waals surface area (Å²) < 4.78 is 5.41. The normalized spacial score (nSPS) is 25.6. The molecular weight excluding hydrogens is 228 g/mol. The number of aliphatic hydroxyl groups excluding tert-OH is 1. The Balaban J connectivity index is 2.21. The zero-order chi connectivity index (χ0) is 11.5. The second kappa shape index (κ2) is 5.17. The van der Waals surface area contributed by atoms with Crippen molar-refractivity contribution < 1.29 is 9.84 Å². The first-order chi connectivity index (χ1) is 7.74. The van der Waals surface area contributed by atoms with Gasteiger partial charge >= 0.3 is 0 Å². The fourth-order valence-electron chi connectivity index (χ4n) is 1.98. The van der Waals surface area contributed by atoms with E-state index in [-0.39, 0.29) is 5.17 Å². The highest BCUT2D eigenvalue weighted by atomic mass is 35.5. The molecule has 0 aromatic rings. The van der Waals surface area contributed by atoms with Gasteiger partial charge in [-0.1, -0.05) is 24.9 Å². The molecule has 2 aliphatic rings. The number of aliphatic imine (C=N–C) groups is 1. The molecule has 16 heavy (non-hydrogen) atoms. The van der Waals surface area contributed by atoms with Crippen LogP contribution in [-0.4, -0.2) is 41.2 Å². The predicted molar refractivity (Wildman–Crippen MR) is 63.4 cm³/mol. The zero-order valence-electron chi connectivity index (χ0n) is 9.45. The quantitative estimate of drug-likeness (QED) is 0.822. The molecule has 0 amide bonds. The number of halogens is 1. The summed E-state index contributed by atoms with van der Waals surface area (Å²) in [7, 11) is 0. The molecule has 0 saturated heterocycles. The van der Waals surface area contributed by atoms with Crippen LogP contribution < -0.4 is 0 Å². The summed E-state index contributed by atoms with van der Waals surface area (Å²) in [5.41, 5.74) is 1.97. The molecule has 0 aromatic carbocycles.